The van der Waals surface area contributed by atoms with E-state index in [2.05, 4.69) is 15.2 Å². The number of nitrogen functional groups attached to an aromatic ring is 1. The summed E-state index contributed by atoms with van der Waals surface area (Å²) in [7, 11) is -9.53. The number of hydrogen-bond acceptors (Lipinski definition) is 14. The zero-order valence-electron chi connectivity index (χ0n) is 32.1. The van der Waals surface area contributed by atoms with Crippen LogP contribution in [0.4, 0.5) is 19.0 Å². The van der Waals surface area contributed by atoms with Crippen LogP contribution in [0.3, 0.4) is 0 Å². The molecule has 1 aliphatic rings. The van der Waals surface area contributed by atoms with Crippen LogP contribution in [-0.2, 0) is 42.0 Å². The van der Waals surface area contributed by atoms with Gasteiger partial charge in [0.05, 0.1) is 43.1 Å². The molecular weight excluding hydrogens is 801 g/mol. The van der Waals surface area contributed by atoms with E-state index in [-0.39, 0.29) is 16.1 Å². The molecule has 0 spiro atoms. The predicted octanol–water partition coefficient (Wildman–Crippen LogP) is 5.77. The smallest absolute Gasteiger partial charge is 0.459 e. The molecular formula is C35H46F3N5O12P2. The molecule has 0 bridgehead atoms. The Labute approximate surface area is 326 Å². The second-order valence-corrected chi connectivity index (χ2v) is 17.1. The van der Waals surface area contributed by atoms with Crippen molar-refractivity contribution in [2.24, 2.45) is 5.41 Å². The number of nitrogens with zero attached hydrogens (tertiary/aromatic N) is 2. The largest absolute Gasteiger partial charge is 0.462 e. The number of para-hydroxylation sites is 2. The van der Waals surface area contributed by atoms with Crippen LogP contribution in [0.2, 0.25) is 0 Å². The van der Waals surface area contributed by atoms with Crippen LogP contribution in [0.1, 0.15) is 54.7 Å². The highest BCUT2D eigenvalue weighted by molar-refractivity contribution is 7.52. The molecule has 1 saturated heterocycles. The van der Waals surface area contributed by atoms with E-state index >= 15 is 8.78 Å². The van der Waals surface area contributed by atoms with Crippen molar-refractivity contribution < 1.29 is 64.2 Å². The number of carbonyl (C=O) groups is 2. The molecule has 0 radical (unpaired) electrons. The summed E-state index contributed by atoms with van der Waals surface area (Å²) in [4.78, 5) is 41.5. The Hall–Kier alpha value is -4.29. The van der Waals surface area contributed by atoms with Crippen molar-refractivity contribution in [3.05, 3.63) is 83.2 Å². The lowest BCUT2D eigenvalue weighted by Crippen LogP contribution is -2.49. The Morgan fingerprint density at radius 2 is 1.32 bits per heavy atom. The first kappa shape index (κ1) is 45.4. The topological polar surface area (TPSA) is 218 Å². The second kappa shape index (κ2) is 18.5. The molecule has 1 aromatic heterocycles. The lowest BCUT2D eigenvalue weighted by molar-refractivity contribution is -0.154. The Morgan fingerprint density at radius 3 is 1.77 bits per heavy atom. The fraction of sp³-hybridized carbons (Fsp3) is 0.486. The van der Waals surface area contributed by atoms with Gasteiger partial charge in [0.1, 0.15) is 23.6 Å². The molecule has 2 aromatic carbocycles. The van der Waals surface area contributed by atoms with Crippen molar-refractivity contribution in [3.63, 3.8) is 0 Å². The molecule has 314 valence electrons. The summed E-state index contributed by atoms with van der Waals surface area (Å²) < 4.78 is 116. The van der Waals surface area contributed by atoms with Gasteiger partial charge in [-0.2, -0.15) is 15.2 Å². The third kappa shape index (κ3) is 11.4. The molecule has 4 N–H and O–H groups in total. The highest BCUT2D eigenvalue weighted by Crippen LogP contribution is 2.58. The monoisotopic (exact) mass is 847 g/mol. The number of hydrogen-bond donors (Lipinski definition) is 3. The summed E-state index contributed by atoms with van der Waals surface area (Å²) in [6, 6.07) is 12.3. The summed E-state index contributed by atoms with van der Waals surface area (Å²) >= 11 is 0. The van der Waals surface area contributed by atoms with Crippen LogP contribution in [0, 0.1) is 11.2 Å². The standard InChI is InChI=1S/C35H46F3N5O12P2/c1-21(2)51-30(44)23(5)41-56(47,54-25-14-10-8-11-15-25)49-19-28-34(7,35(37,38)32(53-28)43-18-27(36)29(39)40-33(43)46)20-50-57(48,55-26-16-12-9-13-17-26)42-24(6)31(45)52-22(3)4/h8-18,21-24,28,32H,19-20H2,1-7H3,(H,41,47)(H,42,48)(H2,39,40,46)/t23-,24-,28+,32+,34?,56?,57?/m0/s1. The zero-order chi connectivity index (χ0) is 42.3. The minimum atomic E-state index is -4.81. The van der Waals surface area contributed by atoms with Crippen molar-refractivity contribution in [1.29, 1.82) is 0 Å². The van der Waals surface area contributed by atoms with Crippen molar-refractivity contribution in [2.45, 2.75) is 91.0 Å². The van der Waals surface area contributed by atoms with Gasteiger partial charge in [0.25, 0.3) is 0 Å². The molecule has 22 heteroatoms. The van der Waals surface area contributed by atoms with Crippen molar-refractivity contribution in [2.75, 3.05) is 18.9 Å². The summed E-state index contributed by atoms with van der Waals surface area (Å²) in [5.41, 5.74) is 1.26. The summed E-state index contributed by atoms with van der Waals surface area (Å²) in [5.74, 6) is -8.22. The van der Waals surface area contributed by atoms with Gasteiger partial charge in [-0.25, -0.2) is 27.1 Å². The number of halogens is 3. The van der Waals surface area contributed by atoms with Gasteiger partial charge < -0.3 is 29.0 Å². The normalized spacial score (nSPS) is 22.2. The Balaban J connectivity index is 1.75. The highest BCUT2D eigenvalue weighted by Gasteiger charge is 2.69. The zero-order valence-corrected chi connectivity index (χ0v) is 33.9. The molecule has 1 fully saturated rings. The summed E-state index contributed by atoms with van der Waals surface area (Å²) in [6.45, 7) is 7.54. The van der Waals surface area contributed by atoms with Crippen molar-refractivity contribution >= 4 is 33.2 Å². The van der Waals surface area contributed by atoms with Gasteiger partial charge in [0.15, 0.2) is 11.6 Å². The number of aromatic nitrogens is 2. The van der Waals surface area contributed by atoms with Crippen LogP contribution < -0.4 is 30.6 Å². The fourth-order valence-corrected chi connectivity index (χ4v) is 8.31. The number of rotatable bonds is 19. The minimum Gasteiger partial charge on any atom is -0.462 e. The maximum atomic E-state index is 16.9. The molecule has 0 aliphatic carbocycles. The highest BCUT2D eigenvalue weighted by atomic mass is 31.2. The Kier molecular flexibility index (Phi) is 14.8. The first-order chi connectivity index (χ1) is 26.6. The number of nitrogens with two attached hydrogens (primary N) is 1. The van der Waals surface area contributed by atoms with E-state index in [1.807, 2.05) is 0 Å². The molecule has 1 aliphatic heterocycles. The SMILES string of the molecule is CC(C)OC(=O)[C@H](C)NP(=O)(OC[C@H]1O[C@@H](n2cc(F)c(N)nc2=O)C(F)(F)C1(C)COP(=O)(N[C@@H](C)C(=O)OC(C)C)Oc1ccccc1)Oc1ccccc1. The number of benzene rings is 2. The van der Waals surface area contributed by atoms with Crippen LogP contribution >= 0.6 is 15.5 Å². The lowest BCUT2D eigenvalue weighted by Gasteiger charge is -2.36. The van der Waals surface area contributed by atoms with Crippen LogP contribution in [0.5, 0.6) is 11.5 Å². The van der Waals surface area contributed by atoms with Gasteiger partial charge >= 0.3 is 39.0 Å². The fourth-order valence-electron chi connectivity index (χ4n) is 5.22. The number of alkyl halides is 2. The number of nitrogens with one attached hydrogen (secondary N) is 2. The summed E-state index contributed by atoms with van der Waals surface area (Å²) in [6.07, 6.45) is -5.34. The van der Waals surface area contributed by atoms with E-state index in [9.17, 15) is 27.9 Å². The molecule has 7 atom stereocenters. The number of esters is 2. The van der Waals surface area contributed by atoms with Crippen LogP contribution in [0.15, 0.2) is 71.7 Å². The van der Waals surface area contributed by atoms with E-state index < -0.39 is 106 Å². The van der Waals surface area contributed by atoms with Gasteiger partial charge in [0.2, 0.25) is 6.23 Å². The third-order valence-electron chi connectivity index (χ3n) is 8.24. The maximum Gasteiger partial charge on any atom is 0.459 e. The molecule has 3 unspecified atom stereocenters. The molecule has 4 rings (SSSR count). The first-order valence-corrected chi connectivity index (χ1v) is 20.7. The maximum absolute atomic E-state index is 16.9. The molecule has 0 saturated carbocycles. The molecule has 3 aromatic rings. The average molecular weight is 848 g/mol. The quantitative estimate of drug-likeness (QED) is 0.0964. The van der Waals surface area contributed by atoms with E-state index in [0.29, 0.717) is 6.20 Å². The van der Waals surface area contributed by atoms with Gasteiger partial charge in [-0.15, -0.1) is 0 Å². The number of anilines is 1. The first-order valence-electron chi connectivity index (χ1n) is 17.6. The van der Waals surface area contributed by atoms with E-state index in [1.165, 1.54) is 50.2 Å². The van der Waals surface area contributed by atoms with Crippen LogP contribution in [-0.4, -0.2) is 71.0 Å². The Bertz CT molecular complexity index is 2010. The minimum absolute atomic E-state index is 0.00966. The third-order valence-corrected chi connectivity index (χ3v) is 11.5. The second-order valence-electron chi connectivity index (χ2n) is 13.7. The molecule has 0 amide bonds. The van der Waals surface area contributed by atoms with Gasteiger partial charge in [-0.05, 0) is 72.7 Å². The molecule has 57 heavy (non-hydrogen) atoms. The van der Waals surface area contributed by atoms with E-state index in [4.69, 9.17) is 38.0 Å². The van der Waals surface area contributed by atoms with Crippen molar-refractivity contribution in [1.82, 2.24) is 19.7 Å². The molecule has 17 nitrogen and oxygen atoms in total. The van der Waals surface area contributed by atoms with Gasteiger partial charge in [-0.1, -0.05) is 36.4 Å². The van der Waals surface area contributed by atoms with E-state index in [1.54, 1.807) is 52.0 Å². The van der Waals surface area contributed by atoms with Gasteiger partial charge in [0, 0.05) is 0 Å². The van der Waals surface area contributed by atoms with Crippen LogP contribution in [0.25, 0.3) is 0 Å². The lowest BCUT2D eigenvalue weighted by atomic mass is 9.80. The Morgan fingerprint density at radius 1 is 0.860 bits per heavy atom. The average Bonchev–Trinajstić information content (AvgIpc) is 3.32. The number of ether oxygens (including phenoxy) is 3. The predicted molar refractivity (Wildman–Crippen MR) is 199 cm³/mol. The van der Waals surface area contributed by atoms with Crippen molar-refractivity contribution in [3.8, 4) is 11.5 Å². The van der Waals surface area contributed by atoms with E-state index in [0.717, 1.165) is 6.92 Å². The summed E-state index contributed by atoms with van der Waals surface area (Å²) in [5, 5.41) is 4.83. The van der Waals surface area contributed by atoms with Gasteiger partial charge in [-0.3, -0.25) is 23.2 Å². The molecule has 2 heterocycles. The number of carbonyl (C=O) groups excluding carboxylic acids is 2.